The average molecular weight is 525 g/mol. The predicted octanol–water partition coefficient (Wildman–Crippen LogP) is 3.53. The fourth-order valence-corrected chi connectivity index (χ4v) is 3.53. The number of nitrogens with two attached hydrogens (primary N) is 1. The van der Waals surface area contributed by atoms with Gasteiger partial charge in [0.1, 0.15) is 5.82 Å². The summed E-state index contributed by atoms with van der Waals surface area (Å²) in [7, 11) is 0. The Hall–Kier alpha value is -2.36. The van der Waals surface area contributed by atoms with Gasteiger partial charge in [-0.1, -0.05) is 6.07 Å². The minimum absolute atomic E-state index is 0. The molecule has 0 saturated carbocycles. The molecule has 3 N–H and O–H groups in total. The molecule has 0 aliphatic carbocycles. The first kappa shape index (κ1) is 23.9. The van der Waals surface area contributed by atoms with Gasteiger partial charge in [0.2, 0.25) is 5.91 Å². The van der Waals surface area contributed by atoms with E-state index < -0.39 is 0 Å². The van der Waals surface area contributed by atoms with Gasteiger partial charge < -0.3 is 20.9 Å². The summed E-state index contributed by atoms with van der Waals surface area (Å²) in [6.45, 7) is 7.17. The molecule has 0 radical (unpaired) electrons. The van der Waals surface area contributed by atoms with Gasteiger partial charge in [0.05, 0.1) is 6.54 Å². The minimum atomic E-state index is -0.241. The molecule has 1 saturated heterocycles. The summed E-state index contributed by atoms with van der Waals surface area (Å²) in [6, 6.07) is 12.6. The number of carbonyl (C=O) groups excluding carboxylic acids is 1. The molecule has 2 aromatic rings. The third-order valence-corrected chi connectivity index (χ3v) is 4.93. The molecule has 8 heteroatoms. The molecule has 0 unspecified atom stereocenters. The lowest BCUT2D eigenvalue weighted by molar-refractivity contribution is -0.131. The average Bonchev–Trinajstić information content (AvgIpc) is 2.68. The highest BCUT2D eigenvalue weighted by molar-refractivity contribution is 14.0. The van der Waals surface area contributed by atoms with Crippen LogP contribution in [0.15, 0.2) is 47.5 Å². The lowest BCUT2D eigenvalue weighted by Crippen LogP contribution is -2.48. The Morgan fingerprint density at radius 3 is 2.27 bits per heavy atom. The van der Waals surface area contributed by atoms with Crippen LogP contribution in [0.1, 0.15) is 17.5 Å². The molecular weight excluding hydrogens is 496 g/mol. The zero-order valence-corrected chi connectivity index (χ0v) is 19.7. The van der Waals surface area contributed by atoms with Gasteiger partial charge in [-0.2, -0.15) is 0 Å². The maximum Gasteiger partial charge on any atom is 0.224 e. The van der Waals surface area contributed by atoms with Gasteiger partial charge in [-0.15, -0.1) is 24.0 Å². The molecule has 162 valence electrons. The highest BCUT2D eigenvalue weighted by atomic mass is 127. The zero-order valence-electron chi connectivity index (χ0n) is 17.4. The number of piperazine rings is 1. The molecule has 2 aromatic carbocycles. The monoisotopic (exact) mass is 525 g/mol. The van der Waals surface area contributed by atoms with Gasteiger partial charge in [-0.3, -0.25) is 9.79 Å². The second-order valence-electron chi connectivity index (χ2n) is 7.36. The quantitative estimate of drug-likeness (QED) is 0.356. The van der Waals surface area contributed by atoms with Gasteiger partial charge >= 0.3 is 0 Å². The summed E-state index contributed by atoms with van der Waals surface area (Å²) in [5, 5.41) is 3.07. The maximum absolute atomic E-state index is 13.1. The van der Waals surface area contributed by atoms with Crippen molar-refractivity contribution in [1.29, 1.82) is 0 Å². The summed E-state index contributed by atoms with van der Waals surface area (Å²) in [6.07, 6.45) is 0.325. The van der Waals surface area contributed by atoms with Crippen molar-refractivity contribution in [2.75, 3.05) is 42.9 Å². The van der Waals surface area contributed by atoms with Crippen molar-refractivity contribution in [3.05, 3.63) is 59.4 Å². The van der Waals surface area contributed by atoms with E-state index in [1.165, 1.54) is 12.1 Å². The lowest BCUT2D eigenvalue weighted by Gasteiger charge is -2.36. The molecule has 1 aliphatic rings. The molecule has 6 nitrogen and oxygen atoms in total. The van der Waals surface area contributed by atoms with Crippen LogP contribution in [0.2, 0.25) is 0 Å². The van der Waals surface area contributed by atoms with E-state index in [4.69, 9.17) is 5.73 Å². The van der Waals surface area contributed by atoms with Crippen molar-refractivity contribution >= 4 is 47.2 Å². The Kier molecular flexibility index (Phi) is 8.88. The topological polar surface area (TPSA) is 74.0 Å². The number of nitrogens with one attached hydrogen (secondary N) is 1. The number of aliphatic imine (C=N–C) groups is 1. The number of guanidine groups is 1. The summed E-state index contributed by atoms with van der Waals surface area (Å²) in [5.41, 5.74) is 10.1. The van der Waals surface area contributed by atoms with Crippen molar-refractivity contribution in [2.45, 2.75) is 20.3 Å². The lowest BCUT2D eigenvalue weighted by atomic mass is 10.1. The Balaban J connectivity index is 0.00000320. The summed E-state index contributed by atoms with van der Waals surface area (Å²) >= 11 is 0. The first-order valence-electron chi connectivity index (χ1n) is 9.84. The Morgan fingerprint density at radius 1 is 1.07 bits per heavy atom. The second-order valence-corrected chi connectivity index (χ2v) is 7.36. The number of halogens is 2. The van der Waals surface area contributed by atoms with E-state index >= 15 is 0 Å². The van der Waals surface area contributed by atoms with Crippen molar-refractivity contribution in [3.63, 3.8) is 0 Å². The minimum Gasteiger partial charge on any atom is -0.370 e. The molecule has 1 fully saturated rings. The Bertz CT molecular complexity index is 859. The molecule has 0 aromatic heterocycles. The third kappa shape index (κ3) is 6.86. The standard InChI is InChI=1S/C22H28FN5O.HI/c1-16-13-17(2)15-19(14-16)26-22(24)25-8-7-21(29)28-11-9-27(10-12-28)20-5-3-18(23)4-6-20;/h3-6,13-15H,7-12H2,1-2H3,(H3,24,25,26);1H. The van der Waals surface area contributed by atoms with Crippen LogP contribution >= 0.6 is 24.0 Å². The first-order valence-corrected chi connectivity index (χ1v) is 9.84. The van der Waals surface area contributed by atoms with Crippen LogP contribution in [-0.4, -0.2) is 49.5 Å². The van der Waals surface area contributed by atoms with E-state index in [0.29, 0.717) is 32.0 Å². The van der Waals surface area contributed by atoms with Gasteiger partial charge in [0.15, 0.2) is 5.96 Å². The van der Waals surface area contributed by atoms with Crippen molar-refractivity contribution in [1.82, 2.24) is 4.90 Å². The molecule has 1 heterocycles. The van der Waals surface area contributed by atoms with Crippen LogP contribution in [0.25, 0.3) is 0 Å². The summed E-state index contributed by atoms with van der Waals surface area (Å²) in [4.78, 5) is 20.7. The molecule has 0 bridgehead atoms. The number of aryl methyl sites for hydroxylation is 2. The van der Waals surface area contributed by atoms with Crippen LogP contribution < -0.4 is 16.0 Å². The van der Waals surface area contributed by atoms with Gasteiger partial charge in [0, 0.05) is 44.0 Å². The number of benzene rings is 2. The van der Waals surface area contributed by atoms with Crippen LogP contribution in [0.3, 0.4) is 0 Å². The first-order chi connectivity index (χ1) is 13.9. The fourth-order valence-electron chi connectivity index (χ4n) is 3.53. The highest BCUT2D eigenvalue weighted by Crippen LogP contribution is 2.17. The molecule has 0 spiro atoms. The van der Waals surface area contributed by atoms with Crippen LogP contribution in [0.5, 0.6) is 0 Å². The van der Waals surface area contributed by atoms with E-state index in [-0.39, 0.29) is 35.7 Å². The number of hydrogen-bond donors (Lipinski definition) is 2. The highest BCUT2D eigenvalue weighted by Gasteiger charge is 2.20. The van der Waals surface area contributed by atoms with Crippen LogP contribution in [0, 0.1) is 19.7 Å². The predicted molar refractivity (Wildman–Crippen MR) is 131 cm³/mol. The normalized spacial score (nSPS) is 14.3. The van der Waals surface area contributed by atoms with E-state index in [1.807, 2.05) is 30.9 Å². The van der Waals surface area contributed by atoms with Gasteiger partial charge in [-0.05, 0) is 61.4 Å². The Labute approximate surface area is 194 Å². The van der Waals surface area contributed by atoms with Crippen molar-refractivity contribution < 1.29 is 9.18 Å². The SMILES string of the molecule is Cc1cc(C)cc(NC(N)=NCCC(=O)N2CCN(c3ccc(F)cc3)CC2)c1.I. The fraction of sp³-hybridized carbons (Fsp3) is 0.364. The van der Waals surface area contributed by atoms with Gasteiger partial charge in [0.25, 0.3) is 0 Å². The second kappa shape index (κ2) is 11.1. The number of anilines is 2. The number of carbonyl (C=O) groups is 1. The molecule has 1 aliphatic heterocycles. The third-order valence-electron chi connectivity index (χ3n) is 4.93. The smallest absolute Gasteiger partial charge is 0.224 e. The number of nitrogens with zero attached hydrogens (tertiary/aromatic N) is 3. The van der Waals surface area contributed by atoms with E-state index in [9.17, 15) is 9.18 Å². The molecule has 1 amide bonds. The van der Waals surface area contributed by atoms with E-state index in [1.54, 1.807) is 12.1 Å². The van der Waals surface area contributed by atoms with Crippen LogP contribution in [-0.2, 0) is 4.79 Å². The van der Waals surface area contributed by atoms with Crippen molar-refractivity contribution in [3.8, 4) is 0 Å². The summed E-state index contributed by atoms with van der Waals surface area (Å²) < 4.78 is 13.1. The molecule has 30 heavy (non-hydrogen) atoms. The van der Waals surface area contributed by atoms with E-state index in [0.717, 1.165) is 35.6 Å². The maximum atomic E-state index is 13.1. The molecule has 3 rings (SSSR count). The zero-order chi connectivity index (χ0) is 20.8. The number of amides is 1. The summed E-state index contributed by atoms with van der Waals surface area (Å²) in [5.74, 6) is 0.144. The molecular formula is C22H29FIN5O. The largest absolute Gasteiger partial charge is 0.370 e. The van der Waals surface area contributed by atoms with Crippen molar-refractivity contribution in [2.24, 2.45) is 10.7 Å². The van der Waals surface area contributed by atoms with Crippen LogP contribution in [0.4, 0.5) is 15.8 Å². The number of hydrogen-bond acceptors (Lipinski definition) is 3. The van der Waals surface area contributed by atoms with Gasteiger partial charge in [-0.25, -0.2) is 4.39 Å². The number of rotatable bonds is 5. The molecule has 0 atom stereocenters. The van der Waals surface area contributed by atoms with E-state index in [2.05, 4.69) is 21.3 Å². The Morgan fingerprint density at radius 2 is 1.67 bits per heavy atom.